The first-order chi connectivity index (χ1) is 13.1. The van der Waals surface area contributed by atoms with Crippen LogP contribution in [-0.2, 0) is 4.74 Å². The Morgan fingerprint density at radius 3 is 2.56 bits per heavy atom. The van der Waals surface area contributed by atoms with Gasteiger partial charge in [-0.1, -0.05) is 12.1 Å². The van der Waals surface area contributed by atoms with Gasteiger partial charge in [0.25, 0.3) is 0 Å². The van der Waals surface area contributed by atoms with Gasteiger partial charge in [0.2, 0.25) is 5.78 Å². The number of aromatic nitrogens is 4. The van der Waals surface area contributed by atoms with Crippen LogP contribution in [0.15, 0.2) is 48.8 Å². The van der Waals surface area contributed by atoms with Crippen molar-refractivity contribution in [3.63, 3.8) is 0 Å². The van der Waals surface area contributed by atoms with E-state index in [9.17, 15) is 9.59 Å². The van der Waals surface area contributed by atoms with E-state index in [1.165, 1.54) is 25.2 Å². The Morgan fingerprint density at radius 2 is 1.85 bits per heavy atom. The number of nitrogens with zero attached hydrogens (tertiary/aromatic N) is 4. The van der Waals surface area contributed by atoms with Crippen LogP contribution in [0.25, 0.3) is 5.69 Å². The zero-order valence-electron chi connectivity index (χ0n) is 14.7. The average Bonchev–Trinajstić information content (AvgIpc) is 3.26. The number of ether oxygens (including phenoxy) is 3. The molecule has 3 aromatic rings. The Morgan fingerprint density at radius 1 is 1.04 bits per heavy atom. The van der Waals surface area contributed by atoms with Gasteiger partial charge in [-0.25, -0.2) is 4.79 Å². The molecule has 0 aliphatic heterocycles. The minimum Gasteiger partial charge on any atom is -0.497 e. The van der Waals surface area contributed by atoms with Gasteiger partial charge in [0.1, 0.15) is 17.8 Å². The summed E-state index contributed by atoms with van der Waals surface area (Å²) in [5.74, 6) is -0.176. The zero-order valence-corrected chi connectivity index (χ0v) is 14.7. The molecule has 0 atom stereocenters. The second kappa shape index (κ2) is 8.09. The third kappa shape index (κ3) is 3.92. The molecule has 0 fully saturated rings. The number of hydrogen-bond donors (Lipinski definition) is 0. The first-order valence-corrected chi connectivity index (χ1v) is 7.88. The Balaban J connectivity index is 1.74. The fourth-order valence-corrected chi connectivity index (χ4v) is 2.43. The number of tetrazole rings is 1. The van der Waals surface area contributed by atoms with E-state index >= 15 is 0 Å². The number of rotatable bonds is 7. The van der Waals surface area contributed by atoms with Gasteiger partial charge < -0.3 is 14.2 Å². The van der Waals surface area contributed by atoms with Crippen molar-refractivity contribution in [2.24, 2.45) is 0 Å². The number of para-hydroxylation sites is 1. The number of esters is 1. The van der Waals surface area contributed by atoms with Gasteiger partial charge in [-0.2, -0.15) is 4.68 Å². The lowest BCUT2D eigenvalue weighted by molar-refractivity contribution is 0.0473. The highest BCUT2D eigenvalue weighted by Crippen LogP contribution is 2.25. The fraction of sp³-hybridized carbons (Fsp3) is 0.167. The Kier molecular flexibility index (Phi) is 5.41. The van der Waals surface area contributed by atoms with Crippen LogP contribution in [0.2, 0.25) is 0 Å². The zero-order chi connectivity index (χ0) is 19.2. The number of benzene rings is 2. The van der Waals surface area contributed by atoms with E-state index in [0.29, 0.717) is 22.7 Å². The van der Waals surface area contributed by atoms with Gasteiger partial charge in [0.15, 0.2) is 6.61 Å². The first-order valence-electron chi connectivity index (χ1n) is 7.88. The molecule has 0 aliphatic carbocycles. The van der Waals surface area contributed by atoms with Crippen molar-refractivity contribution in [3.05, 3.63) is 59.9 Å². The molecule has 0 unspecified atom stereocenters. The summed E-state index contributed by atoms with van der Waals surface area (Å²) in [4.78, 5) is 24.9. The molecule has 2 aromatic carbocycles. The highest BCUT2D eigenvalue weighted by atomic mass is 16.5. The lowest BCUT2D eigenvalue weighted by Crippen LogP contribution is -2.16. The molecule has 138 valence electrons. The Bertz CT molecular complexity index is 956. The maximum atomic E-state index is 12.4. The number of hydrogen-bond acceptors (Lipinski definition) is 8. The number of ketones is 1. The van der Waals surface area contributed by atoms with E-state index < -0.39 is 18.4 Å². The van der Waals surface area contributed by atoms with E-state index in [-0.39, 0.29) is 5.56 Å². The lowest BCUT2D eigenvalue weighted by Gasteiger charge is -2.11. The summed E-state index contributed by atoms with van der Waals surface area (Å²) in [5, 5.41) is 10.9. The molecule has 9 nitrogen and oxygen atoms in total. The van der Waals surface area contributed by atoms with E-state index in [1.807, 2.05) is 0 Å². The van der Waals surface area contributed by atoms with Gasteiger partial charge in [0, 0.05) is 6.07 Å². The molecule has 0 bridgehead atoms. The predicted molar refractivity (Wildman–Crippen MR) is 93.3 cm³/mol. The van der Waals surface area contributed by atoms with Crippen LogP contribution in [0, 0.1) is 0 Å². The molecule has 1 heterocycles. The molecule has 0 spiro atoms. The molecule has 0 saturated carbocycles. The molecule has 1 aromatic heterocycles. The van der Waals surface area contributed by atoms with E-state index in [0.717, 1.165) is 0 Å². The molecular formula is C18H16N4O5. The summed E-state index contributed by atoms with van der Waals surface area (Å²) < 4.78 is 16.8. The Labute approximate surface area is 154 Å². The van der Waals surface area contributed by atoms with Crippen molar-refractivity contribution in [2.75, 3.05) is 20.8 Å². The second-order valence-corrected chi connectivity index (χ2v) is 5.34. The summed E-state index contributed by atoms with van der Waals surface area (Å²) in [6, 6.07) is 11.4. The molecule has 0 amide bonds. The van der Waals surface area contributed by atoms with Crippen molar-refractivity contribution in [1.29, 1.82) is 0 Å². The van der Waals surface area contributed by atoms with Gasteiger partial charge >= 0.3 is 5.97 Å². The SMILES string of the molecule is COc1ccc(C(=O)COC(=O)c2ccccc2-n2cnnn2)c(OC)c1. The van der Waals surface area contributed by atoms with Crippen molar-refractivity contribution in [2.45, 2.75) is 0 Å². The number of methoxy groups -OCH3 is 2. The van der Waals surface area contributed by atoms with Gasteiger partial charge in [0.05, 0.1) is 31.0 Å². The van der Waals surface area contributed by atoms with Gasteiger partial charge in [-0.3, -0.25) is 4.79 Å². The van der Waals surface area contributed by atoms with Crippen LogP contribution >= 0.6 is 0 Å². The standard InChI is InChI=1S/C18H16N4O5/c1-25-12-7-8-14(17(9-12)26-2)16(23)10-27-18(24)13-5-3-4-6-15(13)22-11-19-20-21-22/h3-9,11H,10H2,1-2H3. The van der Waals surface area contributed by atoms with Crippen LogP contribution in [0.4, 0.5) is 0 Å². The number of Topliss-reactive ketones (excluding diaryl/α,β-unsaturated/α-hetero) is 1. The maximum Gasteiger partial charge on any atom is 0.340 e. The van der Waals surface area contributed by atoms with Crippen LogP contribution in [0.3, 0.4) is 0 Å². The van der Waals surface area contributed by atoms with E-state index in [2.05, 4.69) is 15.5 Å². The average molecular weight is 368 g/mol. The van der Waals surface area contributed by atoms with Gasteiger partial charge in [-0.05, 0) is 34.7 Å². The van der Waals surface area contributed by atoms with E-state index in [1.54, 1.807) is 42.5 Å². The van der Waals surface area contributed by atoms with Crippen LogP contribution in [0.5, 0.6) is 11.5 Å². The summed E-state index contributed by atoms with van der Waals surface area (Å²) >= 11 is 0. The maximum absolute atomic E-state index is 12.4. The topological polar surface area (TPSA) is 105 Å². The van der Waals surface area contributed by atoms with Crippen LogP contribution in [0.1, 0.15) is 20.7 Å². The smallest absolute Gasteiger partial charge is 0.340 e. The fourth-order valence-electron chi connectivity index (χ4n) is 2.43. The molecule has 9 heteroatoms. The van der Waals surface area contributed by atoms with Crippen molar-refractivity contribution in [3.8, 4) is 17.2 Å². The number of carbonyl (C=O) groups excluding carboxylic acids is 2. The summed E-state index contributed by atoms with van der Waals surface area (Å²) in [5.41, 5.74) is 0.973. The number of carbonyl (C=O) groups is 2. The summed E-state index contributed by atoms with van der Waals surface area (Å²) in [7, 11) is 2.96. The lowest BCUT2D eigenvalue weighted by atomic mass is 10.1. The van der Waals surface area contributed by atoms with Crippen LogP contribution in [-0.4, -0.2) is 52.8 Å². The molecule has 27 heavy (non-hydrogen) atoms. The molecule has 0 radical (unpaired) electrons. The second-order valence-electron chi connectivity index (χ2n) is 5.34. The third-order valence-corrected chi connectivity index (χ3v) is 3.76. The monoisotopic (exact) mass is 368 g/mol. The Hall–Kier alpha value is -3.75. The molecule has 0 N–H and O–H groups in total. The normalized spacial score (nSPS) is 10.3. The summed E-state index contributed by atoms with van der Waals surface area (Å²) in [6.45, 7) is -0.439. The summed E-state index contributed by atoms with van der Waals surface area (Å²) in [6.07, 6.45) is 1.36. The molecule has 3 rings (SSSR count). The predicted octanol–water partition coefficient (Wildman–Crippen LogP) is 1.72. The highest BCUT2D eigenvalue weighted by Gasteiger charge is 2.19. The molecule has 0 aliphatic rings. The van der Waals surface area contributed by atoms with Crippen molar-refractivity contribution in [1.82, 2.24) is 20.2 Å². The van der Waals surface area contributed by atoms with Crippen LogP contribution < -0.4 is 9.47 Å². The molecular weight excluding hydrogens is 352 g/mol. The largest absolute Gasteiger partial charge is 0.497 e. The molecule has 0 saturated heterocycles. The van der Waals surface area contributed by atoms with Crippen molar-refractivity contribution < 1.29 is 23.8 Å². The highest BCUT2D eigenvalue weighted by molar-refractivity contribution is 6.02. The van der Waals surface area contributed by atoms with E-state index in [4.69, 9.17) is 14.2 Å². The van der Waals surface area contributed by atoms with Crippen molar-refractivity contribution >= 4 is 11.8 Å². The van der Waals surface area contributed by atoms with Gasteiger partial charge in [-0.15, -0.1) is 5.10 Å². The minimum absolute atomic E-state index is 0.235. The third-order valence-electron chi connectivity index (χ3n) is 3.76. The quantitative estimate of drug-likeness (QED) is 0.458. The minimum atomic E-state index is -0.665. The first kappa shape index (κ1) is 18.1.